The summed E-state index contributed by atoms with van der Waals surface area (Å²) in [7, 11) is 0. The van der Waals surface area contributed by atoms with Gasteiger partial charge in [-0.3, -0.25) is 0 Å². The van der Waals surface area contributed by atoms with Crippen LogP contribution in [-0.4, -0.2) is 9.78 Å². The lowest BCUT2D eigenvalue weighted by Crippen LogP contribution is -2.14. The molecule has 0 unspecified atom stereocenters. The van der Waals surface area contributed by atoms with Gasteiger partial charge in [0.05, 0.1) is 16.9 Å². The molecule has 0 spiro atoms. The van der Waals surface area contributed by atoms with Crippen LogP contribution in [0.1, 0.15) is 5.69 Å². The molecule has 0 fully saturated rings. The Labute approximate surface area is 108 Å². The van der Waals surface area contributed by atoms with E-state index in [1.54, 1.807) is 12.1 Å². The van der Waals surface area contributed by atoms with Gasteiger partial charge in [0.1, 0.15) is 0 Å². The van der Waals surface area contributed by atoms with Gasteiger partial charge in [0.15, 0.2) is 5.69 Å². The summed E-state index contributed by atoms with van der Waals surface area (Å²) < 4.78 is 39.2. The van der Waals surface area contributed by atoms with E-state index in [2.05, 4.69) is 21.0 Å². The van der Waals surface area contributed by atoms with Gasteiger partial charge in [-0.05, 0) is 28.1 Å². The smallest absolute Gasteiger partial charge is 0.225 e. The van der Waals surface area contributed by atoms with Crippen molar-refractivity contribution in [2.24, 2.45) is 0 Å². The van der Waals surface area contributed by atoms with Gasteiger partial charge in [-0.15, -0.1) is 0 Å². The molecule has 0 aliphatic heterocycles. The van der Waals surface area contributed by atoms with Gasteiger partial charge in [0.25, 0.3) is 0 Å². The van der Waals surface area contributed by atoms with Gasteiger partial charge in [-0.2, -0.15) is 18.3 Å². The van der Waals surface area contributed by atoms with Gasteiger partial charge < -0.3 is 0 Å². The third kappa shape index (κ3) is 2.32. The number of rotatable bonds is 1. The molecule has 7 heteroatoms. The van der Waals surface area contributed by atoms with Crippen molar-refractivity contribution in [1.82, 2.24) is 9.78 Å². The maximum atomic E-state index is 12.7. The molecule has 0 aliphatic rings. The minimum absolute atomic E-state index is 0.141. The molecular weight excluding hydrogens is 320 g/mol. The van der Waals surface area contributed by atoms with E-state index < -0.39 is 11.9 Å². The molecule has 17 heavy (non-hydrogen) atoms. The fourth-order valence-electron chi connectivity index (χ4n) is 1.33. The molecule has 0 saturated heterocycles. The molecule has 1 radical (unpaired) electrons. The molecule has 0 atom stereocenters. The average Bonchev–Trinajstić information content (AvgIpc) is 2.65. The zero-order valence-electron chi connectivity index (χ0n) is 8.09. The molecule has 0 N–H and O–H groups in total. The van der Waals surface area contributed by atoms with Crippen molar-refractivity contribution in [1.29, 1.82) is 0 Å². The number of nitrogens with zero attached hydrogens (tertiary/aromatic N) is 2. The first-order valence-electron chi connectivity index (χ1n) is 4.38. The molecule has 0 amide bonds. The van der Waals surface area contributed by atoms with Crippen LogP contribution < -0.4 is 0 Å². The van der Waals surface area contributed by atoms with Crippen LogP contribution >= 0.6 is 27.5 Å². The van der Waals surface area contributed by atoms with E-state index in [1.807, 2.05) is 6.07 Å². The van der Waals surface area contributed by atoms with Gasteiger partial charge in [0.2, 0.25) is 0 Å². The lowest BCUT2D eigenvalue weighted by molar-refractivity contribution is -0.143. The minimum Gasteiger partial charge on any atom is -0.225 e. The average molecular weight is 325 g/mol. The van der Waals surface area contributed by atoms with Crippen molar-refractivity contribution in [3.63, 3.8) is 0 Å². The van der Waals surface area contributed by atoms with Gasteiger partial charge in [-0.1, -0.05) is 17.7 Å². The van der Waals surface area contributed by atoms with Gasteiger partial charge >= 0.3 is 6.18 Å². The maximum Gasteiger partial charge on any atom is 0.434 e. The van der Waals surface area contributed by atoms with E-state index in [4.69, 9.17) is 11.6 Å². The number of alkyl halides is 3. The first-order chi connectivity index (χ1) is 7.91. The van der Waals surface area contributed by atoms with Crippen LogP contribution in [0.2, 0.25) is 5.02 Å². The van der Waals surface area contributed by atoms with Gasteiger partial charge in [0, 0.05) is 10.5 Å². The van der Waals surface area contributed by atoms with E-state index in [0.29, 0.717) is 9.15 Å². The summed E-state index contributed by atoms with van der Waals surface area (Å²) in [4.78, 5) is 0. The molecule has 2 nitrogen and oxygen atoms in total. The monoisotopic (exact) mass is 323 g/mol. The highest BCUT2D eigenvalue weighted by atomic mass is 79.9. The summed E-state index contributed by atoms with van der Waals surface area (Å²) in [6.07, 6.45) is -3.58. The highest BCUT2D eigenvalue weighted by Crippen LogP contribution is 2.34. The number of halogens is 5. The molecule has 2 aromatic rings. The molecule has 0 aliphatic carbocycles. The van der Waals surface area contributed by atoms with E-state index in [1.165, 1.54) is 6.07 Å². The third-order valence-corrected chi connectivity index (χ3v) is 2.95. The molecular formula is C10H4BrClF3N2. The molecule has 0 bridgehead atoms. The zero-order valence-corrected chi connectivity index (χ0v) is 10.4. The summed E-state index contributed by atoms with van der Waals surface area (Å²) in [5.74, 6) is 0. The first kappa shape index (κ1) is 12.4. The first-order valence-corrected chi connectivity index (χ1v) is 5.55. The zero-order chi connectivity index (χ0) is 12.6. The summed E-state index contributed by atoms with van der Waals surface area (Å²) in [6.45, 7) is 0. The second-order valence-electron chi connectivity index (χ2n) is 3.12. The van der Waals surface area contributed by atoms with Gasteiger partial charge in [-0.25, -0.2) is 4.68 Å². The summed E-state index contributed by atoms with van der Waals surface area (Å²) >= 11 is 9.01. The molecule has 2 rings (SSSR count). The highest BCUT2D eigenvalue weighted by molar-refractivity contribution is 9.10. The second kappa shape index (κ2) is 4.34. The molecule has 1 heterocycles. The Bertz CT molecular complexity index is 530. The maximum absolute atomic E-state index is 12.7. The standard InChI is InChI=1S/C10H4BrClF3N2/c11-6-2-1-3-7(12)9(6)17-8(4-5-16-17)10(13,14)15/h1-3,5H. The van der Waals surface area contributed by atoms with Crippen LogP contribution in [0.15, 0.2) is 28.9 Å². The van der Waals surface area contributed by atoms with Crippen molar-refractivity contribution in [2.75, 3.05) is 0 Å². The van der Waals surface area contributed by atoms with E-state index >= 15 is 0 Å². The van der Waals surface area contributed by atoms with Crippen molar-refractivity contribution in [3.05, 3.63) is 45.7 Å². The Morgan fingerprint density at radius 1 is 1.35 bits per heavy atom. The largest absolute Gasteiger partial charge is 0.434 e. The third-order valence-electron chi connectivity index (χ3n) is 2.00. The lowest BCUT2D eigenvalue weighted by atomic mass is 10.3. The Kier molecular flexibility index (Phi) is 3.18. The summed E-state index contributed by atoms with van der Waals surface area (Å²) in [5.41, 5.74) is -0.853. The van der Waals surface area contributed by atoms with Crippen LogP contribution in [0, 0.1) is 6.07 Å². The van der Waals surface area contributed by atoms with Crippen LogP contribution in [0.4, 0.5) is 13.2 Å². The molecule has 1 aromatic carbocycles. The summed E-state index contributed by atoms with van der Waals surface area (Å²) in [5, 5.41) is 3.77. The predicted octanol–water partition coefficient (Wildman–Crippen LogP) is 4.11. The van der Waals surface area contributed by atoms with Crippen LogP contribution in [0.5, 0.6) is 0 Å². The quantitative estimate of drug-likeness (QED) is 0.772. The highest BCUT2D eigenvalue weighted by Gasteiger charge is 2.36. The number of hydrogen-bond acceptors (Lipinski definition) is 1. The fraction of sp³-hybridized carbons (Fsp3) is 0.100. The van der Waals surface area contributed by atoms with Crippen LogP contribution in [-0.2, 0) is 6.18 Å². The van der Waals surface area contributed by atoms with Crippen molar-refractivity contribution < 1.29 is 13.2 Å². The Morgan fingerprint density at radius 2 is 2.06 bits per heavy atom. The summed E-state index contributed by atoms with van der Waals surface area (Å²) in [6, 6.07) is 6.74. The van der Waals surface area contributed by atoms with Crippen molar-refractivity contribution in [3.8, 4) is 5.69 Å². The Balaban J connectivity index is 2.66. The normalized spacial score (nSPS) is 11.8. The van der Waals surface area contributed by atoms with E-state index in [-0.39, 0.29) is 10.7 Å². The number of para-hydroxylation sites is 1. The van der Waals surface area contributed by atoms with Crippen LogP contribution in [0.25, 0.3) is 5.69 Å². The molecule has 1 aromatic heterocycles. The van der Waals surface area contributed by atoms with Crippen molar-refractivity contribution in [2.45, 2.75) is 6.18 Å². The Hall–Kier alpha value is -1.01. The molecule has 0 saturated carbocycles. The van der Waals surface area contributed by atoms with E-state index in [9.17, 15) is 13.2 Å². The lowest BCUT2D eigenvalue weighted by Gasteiger charge is -2.12. The fourth-order valence-corrected chi connectivity index (χ4v) is 2.23. The SMILES string of the molecule is FC(F)(F)c1[c]cnn1-c1c(Cl)cccc1Br. The molecule has 89 valence electrons. The topological polar surface area (TPSA) is 17.8 Å². The second-order valence-corrected chi connectivity index (χ2v) is 4.38. The predicted molar refractivity (Wildman–Crippen MR) is 60.1 cm³/mol. The Morgan fingerprint density at radius 3 is 2.65 bits per heavy atom. The number of benzene rings is 1. The minimum atomic E-state index is -4.53. The number of aromatic nitrogens is 2. The van der Waals surface area contributed by atoms with Crippen LogP contribution in [0.3, 0.4) is 0 Å². The van der Waals surface area contributed by atoms with Crippen molar-refractivity contribution >= 4 is 27.5 Å². The van der Waals surface area contributed by atoms with E-state index in [0.717, 1.165) is 6.20 Å². The number of hydrogen-bond donors (Lipinski definition) is 0.